The van der Waals surface area contributed by atoms with Gasteiger partial charge in [0.15, 0.2) is 0 Å². The second-order valence-electron chi connectivity index (χ2n) is 2.35. The van der Waals surface area contributed by atoms with Crippen LogP contribution in [0.15, 0.2) is 0 Å². The Morgan fingerprint density at radius 2 is 1.82 bits per heavy atom. The summed E-state index contributed by atoms with van der Waals surface area (Å²) in [5.41, 5.74) is 0. The molecule has 0 aliphatic heterocycles. The van der Waals surface area contributed by atoms with E-state index in [1.54, 1.807) is 0 Å². The standard InChI is InChI=1S/C4H13N2O4P/c1-4(2)3-8-11(7,9-5)10-6/h4H,3,5-6H2,1-2H3. The normalized spacial score (nSPS) is 12.5. The number of hydrogen-bond acceptors (Lipinski definition) is 6. The number of hydrogen-bond donors (Lipinski definition) is 2. The summed E-state index contributed by atoms with van der Waals surface area (Å²) in [7, 11) is -3.68. The molecule has 0 atom stereocenters. The average Bonchev–Trinajstić information content (AvgIpc) is 2.00. The van der Waals surface area contributed by atoms with Crippen molar-refractivity contribution in [3.63, 3.8) is 0 Å². The topological polar surface area (TPSA) is 96.8 Å². The second-order valence-corrected chi connectivity index (χ2v) is 3.92. The number of rotatable bonds is 5. The molecule has 0 aliphatic carbocycles. The minimum atomic E-state index is -3.68. The van der Waals surface area contributed by atoms with Gasteiger partial charge in [0, 0.05) is 0 Å². The maximum atomic E-state index is 10.9. The Hall–Kier alpha value is 0.0300. The zero-order valence-corrected chi connectivity index (χ0v) is 7.41. The third-order valence-electron chi connectivity index (χ3n) is 0.824. The molecule has 0 spiro atoms. The van der Waals surface area contributed by atoms with Crippen molar-refractivity contribution >= 4 is 7.82 Å². The van der Waals surface area contributed by atoms with Crippen LogP contribution < -0.4 is 11.8 Å². The van der Waals surface area contributed by atoms with E-state index in [0.29, 0.717) is 0 Å². The SMILES string of the molecule is CC(C)COP(=O)(ON)ON. The minimum absolute atomic E-state index is 0.202. The van der Waals surface area contributed by atoms with Gasteiger partial charge in [0.2, 0.25) is 0 Å². The van der Waals surface area contributed by atoms with Gasteiger partial charge < -0.3 is 0 Å². The van der Waals surface area contributed by atoms with Crippen molar-refractivity contribution < 1.29 is 18.3 Å². The van der Waals surface area contributed by atoms with E-state index in [1.165, 1.54) is 0 Å². The first-order valence-electron chi connectivity index (χ1n) is 3.05. The molecule has 68 valence electrons. The van der Waals surface area contributed by atoms with Crippen LogP contribution in [-0.4, -0.2) is 6.61 Å². The van der Waals surface area contributed by atoms with E-state index in [1.807, 2.05) is 13.8 Å². The molecule has 7 heteroatoms. The van der Waals surface area contributed by atoms with Gasteiger partial charge in [0.05, 0.1) is 6.61 Å². The lowest BCUT2D eigenvalue weighted by Crippen LogP contribution is -2.10. The van der Waals surface area contributed by atoms with Crippen LogP contribution in [0.1, 0.15) is 13.8 Å². The van der Waals surface area contributed by atoms with Crippen molar-refractivity contribution in [2.75, 3.05) is 6.61 Å². The van der Waals surface area contributed by atoms with E-state index in [0.717, 1.165) is 0 Å². The van der Waals surface area contributed by atoms with Gasteiger partial charge in [0.1, 0.15) is 0 Å². The van der Waals surface area contributed by atoms with Gasteiger partial charge in [0.25, 0.3) is 0 Å². The Morgan fingerprint density at radius 1 is 1.36 bits per heavy atom. The van der Waals surface area contributed by atoms with E-state index in [4.69, 9.17) is 0 Å². The van der Waals surface area contributed by atoms with E-state index < -0.39 is 7.82 Å². The first-order chi connectivity index (χ1) is 5.04. The Kier molecular flexibility index (Phi) is 4.83. The lowest BCUT2D eigenvalue weighted by Gasteiger charge is -2.12. The van der Waals surface area contributed by atoms with Crippen molar-refractivity contribution in [2.45, 2.75) is 13.8 Å². The quantitative estimate of drug-likeness (QED) is 0.478. The summed E-state index contributed by atoms with van der Waals surface area (Å²) in [5.74, 6) is 9.42. The summed E-state index contributed by atoms with van der Waals surface area (Å²) in [6.45, 7) is 3.96. The van der Waals surface area contributed by atoms with E-state index in [9.17, 15) is 4.57 Å². The summed E-state index contributed by atoms with van der Waals surface area (Å²) in [6, 6.07) is 0. The zero-order valence-electron chi connectivity index (χ0n) is 6.52. The highest BCUT2D eigenvalue weighted by atomic mass is 31.2. The predicted octanol–water partition coefficient (Wildman–Crippen LogP) is 0.548. The molecule has 0 heterocycles. The maximum Gasteiger partial charge on any atom is 0.507 e. The molecule has 4 N–H and O–H groups in total. The summed E-state index contributed by atoms with van der Waals surface area (Å²) in [6.07, 6.45) is 0. The Balaban J connectivity index is 3.79. The Labute approximate surface area is 65.3 Å². The summed E-state index contributed by atoms with van der Waals surface area (Å²) in [5, 5.41) is 0. The third kappa shape index (κ3) is 4.47. The van der Waals surface area contributed by atoms with Gasteiger partial charge in [-0.15, -0.1) is 0 Å². The summed E-state index contributed by atoms with van der Waals surface area (Å²) in [4.78, 5) is 0. The van der Waals surface area contributed by atoms with Crippen molar-refractivity contribution in [2.24, 2.45) is 17.7 Å². The van der Waals surface area contributed by atoms with Crippen LogP contribution >= 0.6 is 7.82 Å². The molecule has 0 aromatic rings. The number of nitrogens with two attached hydrogens (primary N) is 2. The molecule has 0 aromatic heterocycles. The fraction of sp³-hybridized carbons (Fsp3) is 1.00. The molecule has 0 aliphatic rings. The Morgan fingerprint density at radius 3 is 2.09 bits per heavy atom. The fourth-order valence-corrected chi connectivity index (χ4v) is 0.978. The lowest BCUT2D eigenvalue weighted by molar-refractivity contribution is 0.105. The third-order valence-corrected chi connectivity index (χ3v) is 1.81. The van der Waals surface area contributed by atoms with Crippen LogP contribution in [0.2, 0.25) is 0 Å². The molecular formula is C4H13N2O4P. The van der Waals surface area contributed by atoms with Gasteiger partial charge in [-0.1, -0.05) is 13.8 Å². The molecule has 0 amide bonds. The average molecular weight is 184 g/mol. The van der Waals surface area contributed by atoms with Crippen molar-refractivity contribution in [1.29, 1.82) is 0 Å². The van der Waals surface area contributed by atoms with Crippen molar-refractivity contribution in [3.05, 3.63) is 0 Å². The molecule has 0 fully saturated rings. The summed E-state index contributed by atoms with van der Waals surface area (Å²) < 4.78 is 23.4. The van der Waals surface area contributed by atoms with Crippen LogP contribution in [0.25, 0.3) is 0 Å². The molecule has 0 saturated carbocycles. The monoisotopic (exact) mass is 184 g/mol. The lowest BCUT2D eigenvalue weighted by atomic mass is 10.2. The summed E-state index contributed by atoms with van der Waals surface area (Å²) >= 11 is 0. The van der Waals surface area contributed by atoms with Crippen LogP contribution in [0.3, 0.4) is 0 Å². The maximum absolute atomic E-state index is 10.9. The molecule has 0 bridgehead atoms. The van der Waals surface area contributed by atoms with Crippen LogP contribution in [0, 0.1) is 5.92 Å². The predicted molar refractivity (Wildman–Crippen MR) is 38.9 cm³/mol. The molecule has 0 aromatic carbocycles. The van der Waals surface area contributed by atoms with Crippen molar-refractivity contribution in [1.82, 2.24) is 0 Å². The molecule has 0 rings (SSSR count). The van der Waals surface area contributed by atoms with Crippen LogP contribution in [0.4, 0.5) is 0 Å². The molecule has 0 unspecified atom stereocenters. The van der Waals surface area contributed by atoms with E-state index >= 15 is 0 Å². The van der Waals surface area contributed by atoms with Crippen LogP contribution in [0.5, 0.6) is 0 Å². The first kappa shape index (κ1) is 11.0. The van der Waals surface area contributed by atoms with Gasteiger partial charge in [-0.05, 0) is 5.92 Å². The molecule has 11 heavy (non-hydrogen) atoms. The smallest absolute Gasteiger partial charge is 0.285 e. The highest BCUT2D eigenvalue weighted by Crippen LogP contribution is 2.45. The second kappa shape index (κ2) is 4.82. The van der Waals surface area contributed by atoms with Crippen molar-refractivity contribution in [3.8, 4) is 0 Å². The zero-order chi connectivity index (χ0) is 8.91. The minimum Gasteiger partial charge on any atom is -0.285 e. The Bertz CT molecular complexity index is 143. The first-order valence-corrected chi connectivity index (χ1v) is 4.51. The molecule has 6 nitrogen and oxygen atoms in total. The van der Waals surface area contributed by atoms with Gasteiger partial charge >= 0.3 is 7.82 Å². The largest absolute Gasteiger partial charge is 0.507 e. The molecular weight excluding hydrogens is 171 g/mol. The molecule has 0 radical (unpaired) electrons. The number of phosphoric acid groups is 1. The van der Waals surface area contributed by atoms with Gasteiger partial charge in [-0.2, -0.15) is 9.25 Å². The fourth-order valence-electron chi connectivity index (χ4n) is 0.326. The van der Waals surface area contributed by atoms with E-state index in [2.05, 4.69) is 25.6 Å². The van der Waals surface area contributed by atoms with E-state index in [-0.39, 0.29) is 12.5 Å². The highest BCUT2D eigenvalue weighted by molar-refractivity contribution is 7.48. The van der Waals surface area contributed by atoms with Gasteiger partial charge in [-0.25, -0.2) is 16.4 Å². The highest BCUT2D eigenvalue weighted by Gasteiger charge is 2.24. The molecule has 0 saturated heterocycles. The van der Waals surface area contributed by atoms with Gasteiger partial charge in [-0.3, -0.25) is 4.52 Å². The van der Waals surface area contributed by atoms with Crippen LogP contribution in [-0.2, 0) is 18.3 Å².